The van der Waals surface area contributed by atoms with Crippen LogP contribution in [0.4, 0.5) is 5.82 Å². The summed E-state index contributed by atoms with van der Waals surface area (Å²) in [4.78, 5) is 11.6. The second kappa shape index (κ2) is 13.0. The molecular weight excluding hydrogens is 529 g/mol. The monoisotopic (exact) mass is 567 g/mol. The lowest BCUT2D eigenvalue weighted by atomic mass is 10.1. The zero-order valence-electron chi connectivity index (χ0n) is 20.4. The van der Waals surface area contributed by atoms with Crippen molar-refractivity contribution in [2.24, 2.45) is 4.99 Å². The molecule has 0 aliphatic carbocycles. The molecule has 1 unspecified atom stereocenters. The minimum Gasteiger partial charge on any atom is -0.488 e. The fourth-order valence-electron chi connectivity index (χ4n) is 3.53. The van der Waals surface area contributed by atoms with Gasteiger partial charge < -0.3 is 25.0 Å². The Morgan fingerprint density at radius 2 is 2.03 bits per heavy atom. The van der Waals surface area contributed by atoms with Crippen LogP contribution in [0.1, 0.15) is 45.7 Å². The van der Waals surface area contributed by atoms with E-state index in [0.717, 1.165) is 54.9 Å². The molecule has 0 spiro atoms. The number of ether oxygens (including phenoxy) is 2. The molecule has 2 aromatic rings. The van der Waals surface area contributed by atoms with Crippen LogP contribution in [0.2, 0.25) is 0 Å². The van der Waals surface area contributed by atoms with E-state index >= 15 is 0 Å². The third-order valence-corrected chi connectivity index (χ3v) is 4.97. The number of rotatable bonds is 7. The number of halogens is 1. The summed E-state index contributed by atoms with van der Waals surface area (Å²) in [7, 11) is 0. The van der Waals surface area contributed by atoms with Crippen molar-refractivity contribution in [1.29, 1.82) is 0 Å². The van der Waals surface area contributed by atoms with Crippen LogP contribution in [-0.4, -0.2) is 48.9 Å². The third-order valence-electron chi connectivity index (χ3n) is 4.97. The van der Waals surface area contributed by atoms with E-state index < -0.39 is 0 Å². The van der Waals surface area contributed by atoms with Gasteiger partial charge in [-0.05, 0) is 58.4 Å². The van der Waals surface area contributed by atoms with Crippen LogP contribution in [0.3, 0.4) is 0 Å². The van der Waals surface area contributed by atoms with E-state index in [1.165, 1.54) is 0 Å². The van der Waals surface area contributed by atoms with Crippen LogP contribution in [-0.2, 0) is 17.8 Å². The smallest absolute Gasteiger partial charge is 0.191 e. The molecule has 33 heavy (non-hydrogen) atoms. The van der Waals surface area contributed by atoms with Crippen molar-refractivity contribution in [1.82, 2.24) is 15.6 Å². The second-order valence-corrected chi connectivity index (χ2v) is 9.02. The molecule has 1 aliphatic rings. The number of hydrogen-bond acceptors (Lipinski definition) is 5. The fourth-order valence-corrected chi connectivity index (χ4v) is 3.53. The molecular formula is C25H38IN5O2. The van der Waals surface area contributed by atoms with Gasteiger partial charge >= 0.3 is 0 Å². The first kappa shape index (κ1) is 27.2. The fraction of sp³-hybridized carbons (Fsp3) is 0.520. The summed E-state index contributed by atoms with van der Waals surface area (Å²) < 4.78 is 11.8. The van der Waals surface area contributed by atoms with Crippen molar-refractivity contribution in [3.8, 4) is 5.75 Å². The zero-order chi connectivity index (χ0) is 23.0. The van der Waals surface area contributed by atoms with Gasteiger partial charge in [-0.25, -0.2) is 9.98 Å². The number of anilines is 1. The van der Waals surface area contributed by atoms with Crippen LogP contribution < -0.4 is 20.3 Å². The molecule has 1 atom stereocenters. The Labute approximate surface area is 215 Å². The van der Waals surface area contributed by atoms with Gasteiger partial charge in [-0.3, -0.25) is 0 Å². The molecule has 7 nitrogen and oxygen atoms in total. The van der Waals surface area contributed by atoms with Gasteiger partial charge in [0.15, 0.2) is 5.96 Å². The van der Waals surface area contributed by atoms with E-state index in [4.69, 9.17) is 14.5 Å². The molecule has 0 radical (unpaired) electrons. The molecule has 2 N–H and O–H groups in total. The summed E-state index contributed by atoms with van der Waals surface area (Å²) >= 11 is 0. The number of guanidine groups is 1. The normalized spacial score (nSPS) is 16.7. The highest BCUT2D eigenvalue weighted by molar-refractivity contribution is 14.0. The largest absolute Gasteiger partial charge is 0.488 e. The van der Waals surface area contributed by atoms with Crippen LogP contribution in [0.25, 0.3) is 0 Å². The number of aliphatic imine (C=N–C) groups is 1. The topological polar surface area (TPSA) is 71.0 Å². The predicted octanol–water partition coefficient (Wildman–Crippen LogP) is 4.36. The van der Waals surface area contributed by atoms with Gasteiger partial charge in [0.05, 0.1) is 19.3 Å². The molecule has 1 aliphatic heterocycles. The van der Waals surface area contributed by atoms with Gasteiger partial charge in [0.1, 0.15) is 17.2 Å². The molecule has 2 heterocycles. The Bertz CT molecular complexity index is 900. The van der Waals surface area contributed by atoms with Crippen molar-refractivity contribution in [2.45, 2.75) is 59.4 Å². The Balaban J connectivity index is 0.00000385. The van der Waals surface area contributed by atoms with Crippen molar-refractivity contribution < 1.29 is 9.47 Å². The quantitative estimate of drug-likeness (QED) is 0.295. The summed E-state index contributed by atoms with van der Waals surface area (Å²) in [6, 6.07) is 12.3. The lowest BCUT2D eigenvalue weighted by Crippen LogP contribution is -2.41. The molecule has 1 saturated heterocycles. The Kier molecular flexibility index (Phi) is 10.7. The summed E-state index contributed by atoms with van der Waals surface area (Å²) in [5, 5.41) is 6.76. The van der Waals surface area contributed by atoms with E-state index in [1.54, 1.807) is 0 Å². The molecule has 1 fully saturated rings. The van der Waals surface area contributed by atoms with Crippen LogP contribution >= 0.6 is 24.0 Å². The summed E-state index contributed by atoms with van der Waals surface area (Å²) in [5.74, 6) is 2.65. The third kappa shape index (κ3) is 9.00. The first-order valence-corrected chi connectivity index (χ1v) is 11.4. The van der Waals surface area contributed by atoms with Gasteiger partial charge in [-0.2, -0.15) is 0 Å². The highest BCUT2D eigenvalue weighted by Gasteiger charge is 2.18. The average Bonchev–Trinajstić information content (AvgIpc) is 2.76. The highest BCUT2D eigenvalue weighted by Crippen LogP contribution is 2.23. The van der Waals surface area contributed by atoms with Crippen molar-refractivity contribution >= 4 is 35.8 Å². The Morgan fingerprint density at radius 3 is 2.76 bits per heavy atom. The maximum atomic E-state index is 6.11. The summed E-state index contributed by atoms with van der Waals surface area (Å²) in [6.07, 6.45) is 2.09. The Morgan fingerprint density at radius 1 is 1.24 bits per heavy atom. The number of nitrogens with one attached hydrogen (secondary N) is 2. The molecule has 0 amide bonds. The van der Waals surface area contributed by atoms with Crippen molar-refractivity contribution in [3.63, 3.8) is 0 Å². The van der Waals surface area contributed by atoms with E-state index in [1.807, 2.05) is 30.5 Å². The summed E-state index contributed by atoms with van der Waals surface area (Å²) in [6.45, 7) is 14.8. The standard InChI is InChI=1S/C25H37N5O2.HI/c1-6-26-24(29-17-21-9-7-8-10-22(21)32-25(3,4)5)28-16-20-11-12-27-23(15-20)30-13-14-31-19(2)18-30;/h7-12,15,19H,6,13-14,16-18H2,1-5H3,(H2,26,28,29);1H. The van der Waals surface area contributed by atoms with Crippen molar-refractivity contribution in [2.75, 3.05) is 31.1 Å². The van der Waals surface area contributed by atoms with E-state index in [0.29, 0.717) is 13.1 Å². The second-order valence-electron chi connectivity index (χ2n) is 9.02. The highest BCUT2D eigenvalue weighted by atomic mass is 127. The predicted molar refractivity (Wildman–Crippen MR) is 146 cm³/mol. The lowest BCUT2D eigenvalue weighted by molar-refractivity contribution is 0.0529. The maximum Gasteiger partial charge on any atom is 0.191 e. The lowest BCUT2D eigenvalue weighted by Gasteiger charge is -2.32. The molecule has 182 valence electrons. The Hall–Kier alpha value is -2.07. The first-order valence-electron chi connectivity index (χ1n) is 11.4. The van der Waals surface area contributed by atoms with E-state index in [-0.39, 0.29) is 35.7 Å². The minimum absolute atomic E-state index is 0. The SMILES string of the molecule is CCNC(=NCc1ccnc(N2CCOC(C)C2)c1)NCc1ccccc1OC(C)(C)C.I. The molecule has 1 aromatic heterocycles. The van der Waals surface area contributed by atoms with Gasteiger partial charge in [-0.15, -0.1) is 24.0 Å². The van der Waals surface area contributed by atoms with Gasteiger partial charge in [0, 0.05) is 37.9 Å². The maximum absolute atomic E-state index is 6.11. The number of para-hydroxylation sites is 1. The molecule has 3 rings (SSSR count). The van der Waals surface area contributed by atoms with Crippen LogP contribution in [0.15, 0.2) is 47.6 Å². The number of benzene rings is 1. The van der Waals surface area contributed by atoms with Crippen LogP contribution in [0.5, 0.6) is 5.75 Å². The van der Waals surface area contributed by atoms with Gasteiger partial charge in [-0.1, -0.05) is 18.2 Å². The molecule has 0 bridgehead atoms. The molecule has 1 aromatic carbocycles. The van der Waals surface area contributed by atoms with Crippen LogP contribution in [0, 0.1) is 0 Å². The first-order chi connectivity index (χ1) is 15.3. The molecule has 0 saturated carbocycles. The number of hydrogen-bond donors (Lipinski definition) is 2. The van der Waals surface area contributed by atoms with E-state index in [9.17, 15) is 0 Å². The number of aromatic nitrogens is 1. The number of nitrogens with zero attached hydrogens (tertiary/aromatic N) is 3. The van der Waals surface area contributed by atoms with Gasteiger partial charge in [0.2, 0.25) is 0 Å². The van der Waals surface area contributed by atoms with Gasteiger partial charge in [0.25, 0.3) is 0 Å². The number of pyridine rings is 1. The summed E-state index contributed by atoms with van der Waals surface area (Å²) in [5.41, 5.74) is 1.98. The zero-order valence-corrected chi connectivity index (χ0v) is 22.8. The average molecular weight is 568 g/mol. The van der Waals surface area contributed by atoms with E-state index in [2.05, 4.69) is 67.3 Å². The van der Waals surface area contributed by atoms with Crippen molar-refractivity contribution in [3.05, 3.63) is 53.7 Å². The molecule has 8 heteroatoms. The number of morpholine rings is 1. The minimum atomic E-state index is -0.244.